The average Bonchev–Trinajstić information content (AvgIpc) is 2.91. The van der Waals surface area contributed by atoms with Gasteiger partial charge in [0, 0.05) is 23.7 Å². The van der Waals surface area contributed by atoms with Crippen LogP contribution < -0.4 is 5.32 Å². The number of rotatable bonds is 2. The first kappa shape index (κ1) is 15.5. The van der Waals surface area contributed by atoms with Crippen LogP contribution in [0, 0.1) is 6.92 Å². The number of aliphatic hydroxyl groups excluding tert-OH is 1. The second-order valence-corrected chi connectivity index (χ2v) is 8.07. The molecule has 120 valence electrons. The first-order valence-corrected chi connectivity index (χ1v) is 8.83. The van der Waals surface area contributed by atoms with Crippen LogP contribution >= 0.6 is 11.3 Å². The summed E-state index contributed by atoms with van der Waals surface area (Å²) in [6, 6.07) is 5.90. The van der Waals surface area contributed by atoms with Crippen molar-refractivity contribution in [1.82, 2.24) is 9.29 Å². The fourth-order valence-electron chi connectivity index (χ4n) is 2.25. The monoisotopic (exact) mass is 351 g/mol. The molecule has 0 saturated heterocycles. The molecule has 1 aromatic heterocycles. The maximum absolute atomic E-state index is 12.6. The van der Waals surface area contributed by atoms with Crippen molar-refractivity contribution in [3.63, 3.8) is 0 Å². The highest BCUT2D eigenvalue weighted by atomic mass is 32.2. The van der Waals surface area contributed by atoms with Gasteiger partial charge in [-0.2, -0.15) is 0 Å². The number of likely N-dealkylation sites (N-methyl/N-ethyl adjacent to an activating group) is 1. The molecule has 1 aliphatic heterocycles. The molecule has 2 aromatic rings. The first-order chi connectivity index (χ1) is 10.8. The number of aromatic nitrogens is 1. The van der Waals surface area contributed by atoms with E-state index in [-0.39, 0.29) is 16.2 Å². The summed E-state index contributed by atoms with van der Waals surface area (Å²) >= 11 is 1.27. The molecule has 0 bridgehead atoms. The van der Waals surface area contributed by atoms with Gasteiger partial charge in [-0.05, 0) is 19.1 Å². The number of anilines is 1. The van der Waals surface area contributed by atoms with Gasteiger partial charge in [0.25, 0.3) is 10.0 Å². The van der Waals surface area contributed by atoms with Gasteiger partial charge in [-0.1, -0.05) is 12.1 Å². The summed E-state index contributed by atoms with van der Waals surface area (Å²) < 4.78 is 25.8. The van der Waals surface area contributed by atoms with Crippen molar-refractivity contribution in [2.45, 2.75) is 11.8 Å². The van der Waals surface area contributed by atoms with Crippen molar-refractivity contribution < 1.29 is 18.3 Å². The van der Waals surface area contributed by atoms with Crippen molar-refractivity contribution in [3.05, 3.63) is 52.5 Å². The predicted octanol–water partition coefficient (Wildman–Crippen LogP) is 2.11. The molecule has 1 aliphatic rings. The summed E-state index contributed by atoms with van der Waals surface area (Å²) in [5.74, 6) is -1.12. The lowest BCUT2D eigenvalue weighted by Crippen LogP contribution is -2.38. The Balaban J connectivity index is 2.13. The Bertz CT molecular complexity index is 931. The summed E-state index contributed by atoms with van der Waals surface area (Å²) in [6.07, 6.45) is 1.60. The van der Waals surface area contributed by atoms with E-state index in [1.807, 2.05) is 6.92 Å². The van der Waals surface area contributed by atoms with Gasteiger partial charge < -0.3 is 10.4 Å². The smallest absolute Gasteiger partial charge is 0.265 e. The van der Waals surface area contributed by atoms with Gasteiger partial charge in [0.05, 0.1) is 4.90 Å². The number of hydrogen-bond acceptors (Lipinski definition) is 7. The van der Waals surface area contributed by atoms with E-state index in [0.29, 0.717) is 5.13 Å². The molecule has 2 N–H and O–H groups in total. The molecule has 2 heterocycles. The van der Waals surface area contributed by atoms with Crippen molar-refractivity contribution in [2.24, 2.45) is 0 Å². The van der Waals surface area contributed by atoms with Gasteiger partial charge in [0.1, 0.15) is 0 Å². The number of allylic oxidation sites excluding steroid dienone is 1. The van der Waals surface area contributed by atoms with E-state index < -0.39 is 21.7 Å². The molecule has 3 rings (SSSR count). The van der Waals surface area contributed by atoms with Crippen LogP contribution in [-0.2, 0) is 10.0 Å². The van der Waals surface area contributed by atoms with Crippen molar-refractivity contribution in [3.8, 4) is 0 Å². The Kier molecular flexibility index (Phi) is 3.61. The molecular weight excluding hydrogens is 338 g/mol. The minimum atomic E-state index is -3.90. The average molecular weight is 351 g/mol. The standard InChI is InChI=1S/C14H13N3O4S2/c1-8-7-15-14(22-8)16-13(19)11-12(18)9-5-3-4-6-10(9)23(20,21)17(11)2/h3-7,19H,1-2H3,(H,15,16). The van der Waals surface area contributed by atoms with Gasteiger partial charge in [-0.3, -0.25) is 9.10 Å². The molecular formula is C14H13N3O4S2. The molecule has 1 aromatic carbocycles. The van der Waals surface area contributed by atoms with Crippen molar-refractivity contribution in [2.75, 3.05) is 12.4 Å². The summed E-state index contributed by atoms with van der Waals surface area (Å²) in [7, 11) is -2.67. The van der Waals surface area contributed by atoms with Gasteiger partial charge in [-0.25, -0.2) is 13.4 Å². The van der Waals surface area contributed by atoms with E-state index in [1.54, 1.807) is 18.3 Å². The van der Waals surface area contributed by atoms with E-state index >= 15 is 0 Å². The molecule has 23 heavy (non-hydrogen) atoms. The zero-order valence-corrected chi connectivity index (χ0v) is 13.9. The lowest BCUT2D eigenvalue weighted by Gasteiger charge is -2.28. The normalized spacial score (nSPS) is 18.5. The Morgan fingerprint density at radius 1 is 1.35 bits per heavy atom. The number of hydrogen-bond donors (Lipinski definition) is 2. The third-order valence-corrected chi connectivity index (χ3v) is 6.01. The fourth-order valence-corrected chi connectivity index (χ4v) is 4.30. The largest absolute Gasteiger partial charge is 0.493 e. The van der Waals surface area contributed by atoms with E-state index in [1.165, 1.54) is 30.5 Å². The molecule has 0 fully saturated rings. The second kappa shape index (κ2) is 5.36. The summed E-state index contributed by atoms with van der Waals surface area (Å²) in [4.78, 5) is 17.4. The second-order valence-electron chi connectivity index (χ2n) is 4.90. The van der Waals surface area contributed by atoms with Crippen LogP contribution in [0.1, 0.15) is 15.2 Å². The van der Waals surface area contributed by atoms with Crippen LogP contribution in [0.3, 0.4) is 0 Å². The maximum Gasteiger partial charge on any atom is 0.265 e. The summed E-state index contributed by atoms with van der Waals surface area (Å²) in [6.45, 7) is 1.84. The van der Waals surface area contributed by atoms with Gasteiger partial charge in [-0.15, -0.1) is 11.3 Å². The summed E-state index contributed by atoms with van der Waals surface area (Å²) in [5, 5.41) is 13.2. The molecule has 7 nitrogen and oxygen atoms in total. The number of nitrogens with one attached hydrogen (secondary N) is 1. The molecule has 0 unspecified atom stereocenters. The lowest BCUT2D eigenvalue weighted by molar-refractivity contribution is 0.0997. The van der Waals surface area contributed by atoms with E-state index in [0.717, 1.165) is 9.18 Å². The molecule has 0 radical (unpaired) electrons. The number of Topliss-reactive ketones (excluding diaryl/α,β-unsaturated/α-hetero) is 1. The van der Waals surface area contributed by atoms with Crippen LogP contribution in [-0.4, -0.2) is 35.6 Å². The van der Waals surface area contributed by atoms with Crippen LogP contribution in [0.4, 0.5) is 5.13 Å². The number of benzene rings is 1. The van der Waals surface area contributed by atoms with Crippen LogP contribution in [0.5, 0.6) is 0 Å². The third kappa shape index (κ3) is 2.47. The van der Waals surface area contributed by atoms with Gasteiger partial charge in [0.2, 0.25) is 11.7 Å². The zero-order valence-electron chi connectivity index (χ0n) is 12.3. The number of fused-ring (bicyclic) bond motifs is 1. The molecule has 0 spiro atoms. The van der Waals surface area contributed by atoms with Crippen molar-refractivity contribution >= 4 is 32.3 Å². The molecule has 0 saturated carbocycles. The van der Waals surface area contributed by atoms with E-state index in [2.05, 4.69) is 10.3 Å². The minimum absolute atomic E-state index is 0.0317. The Labute approximate surface area is 137 Å². The zero-order chi connectivity index (χ0) is 16.8. The van der Waals surface area contributed by atoms with E-state index in [9.17, 15) is 18.3 Å². The van der Waals surface area contributed by atoms with Crippen LogP contribution in [0.15, 0.2) is 46.9 Å². The Morgan fingerprint density at radius 3 is 2.70 bits per heavy atom. The summed E-state index contributed by atoms with van der Waals surface area (Å²) in [5.41, 5.74) is -0.305. The number of carbonyl (C=O) groups excluding carboxylic acids is 1. The number of aliphatic hydroxyl groups is 1. The highest BCUT2D eigenvalue weighted by Gasteiger charge is 2.39. The number of thiazole rings is 1. The number of nitrogens with zero attached hydrogens (tertiary/aromatic N) is 2. The first-order valence-electron chi connectivity index (χ1n) is 6.57. The van der Waals surface area contributed by atoms with E-state index in [4.69, 9.17) is 0 Å². The molecule has 0 amide bonds. The van der Waals surface area contributed by atoms with Crippen LogP contribution in [0.25, 0.3) is 0 Å². The lowest BCUT2D eigenvalue weighted by atomic mass is 10.1. The quantitative estimate of drug-likeness (QED) is 0.635. The van der Waals surface area contributed by atoms with Crippen molar-refractivity contribution in [1.29, 1.82) is 0 Å². The highest BCUT2D eigenvalue weighted by Crippen LogP contribution is 2.32. The minimum Gasteiger partial charge on any atom is -0.493 e. The third-order valence-electron chi connectivity index (χ3n) is 3.37. The predicted molar refractivity (Wildman–Crippen MR) is 85.8 cm³/mol. The number of carbonyl (C=O) groups is 1. The number of aryl methyl sites for hydroxylation is 1. The number of sulfonamides is 1. The molecule has 0 atom stereocenters. The van der Waals surface area contributed by atoms with Crippen LogP contribution in [0.2, 0.25) is 0 Å². The SMILES string of the molecule is Cc1cnc(NC(O)=C2C(=O)c3ccccc3S(=O)(=O)N2C)s1. The van der Waals surface area contributed by atoms with Gasteiger partial charge >= 0.3 is 0 Å². The maximum atomic E-state index is 12.6. The molecule has 0 aliphatic carbocycles. The topological polar surface area (TPSA) is 99.6 Å². The number of ketones is 1. The highest BCUT2D eigenvalue weighted by molar-refractivity contribution is 7.89. The fraction of sp³-hybridized carbons (Fsp3) is 0.143. The van der Waals surface area contributed by atoms with Gasteiger partial charge in [0.15, 0.2) is 10.8 Å². The molecule has 9 heteroatoms. The Hall–Kier alpha value is -2.39. The Morgan fingerprint density at radius 2 is 2.04 bits per heavy atom.